The van der Waals surface area contributed by atoms with Gasteiger partial charge >= 0.3 is 0 Å². The molecule has 0 atom stereocenters. The molecular formula is C12H16N2O2. The fourth-order valence-corrected chi connectivity index (χ4v) is 2.23. The summed E-state index contributed by atoms with van der Waals surface area (Å²) in [5.74, 6) is 0.473. The van der Waals surface area contributed by atoms with E-state index in [0.29, 0.717) is 5.92 Å². The van der Waals surface area contributed by atoms with Gasteiger partial charge < -0.3 is 5.32 Å². The van der Waals surface area contributed by atoms with Crippen molar-refractivity contribution in [1.29, 1.82) is 0 Å². The number of nitro benzene ring substituents is 1. The first kappa shape index (κ1) is 11.1. The van der Waals surface area contributed by atoms with Crippen LogP contribution in [-0.4, -0.2) is 18.0 Å². The molecule has 0 amide bonds. The molecule has 1 fully saturated rings. The van der Waals surface area contributed by atoms with Crippen molar-refractivity contribution in [2.45, 2.75) is 25.7 Å². The van der Waals surface area contributed by atoms with Gasteiger partial charge in [0.15, 0.2) is 0 Å². The predicted molar refractivity (Wildman–Crippen MR) is 62.7 cm³/mol. The Morgan fingerprint density at radius 1 is 1.38 bits per heavy atom. The Hall–Kier alpha value is -1.42. The molecule has 0 bridgehead atoms. The lowest BCUT2D eigenvalue weighted by molar-refractivity contribution is -0.385. The SMILES string of the molecule is Cc1ccc(C2CCNCC2)cc1[N+](=O)[O-]. The van der Waals surface area contributed by atoms with Crippen LogP contribution in [0.15, 0.2) is 18.2 Å². The number of rotatable bonds is 2. The second-order valence-corrected chi connectivity index (χ2v) is 4.33. The Bertz CT molecular complexity index is 398. The van der Waals surface area contributed by atoms with Gasteiger partial charge in [-0.1, -0.05) is 12.1 Å². The van der Waals surface area contributed by atoms with Gasteiger partial charge in [0.1, 0.15) is 0 Å². The van der Waals surface area contributed by atoms with Crippen LogP contribution in [0.4, 0.5) is 5.69 Å². The van der Waals surface area contributed by atoms with Crippen LogP contribution in [0, 0.1) is 17.0 Å². The molecule has 4 nitrogen and oxygen atoms in total. The maximum Gasteiger partial charge on any atom is 0.272 e. The normalized spacial score (nSPS) is 17.3. The van der Waals surface area contributed by atoms with E-state index in [0.717, 1.165) is 37.1 Å². The lowest BCUT2D eigenvalue weighted by Crippen LogP contribution is -2.26. The highest BCUT2D eigenvalue weighted by atomic mass is 16.6. The van der Waals surface area contributed by atoms with Crippen molar-refractivity contribution in [1.82, 2.24) is 5.32 Å². The van der Waals surface area contributed by atoms with E-state index < -0.39 is 0 Å². The van der Waals surface area contributed by atoms with Crippen LogP contribution in [0.5, 0.6) is 0 Å². The quantitative estimate of drug-likeness (QED) is 0.615. The third kappa shape index (κ3) is 2.22. The summed E-state index contributed by atoms with van der Waals surface area (Å²) in [6, 6.07) is 5.62. The van der Waals surface area contributed by atoms with E-state index in [4.69, 9.17) is 0 Å². The average Bonchev–Trinajstić information content (AvgIpc) is 2.30. The summed E-state index contributed by atoms with van der Waals surface area (Å²) in [7, 11) is 0. The molecule has 4 heteroatoms. The number of hydrogen-bond donors (Lipinski definition) is 1. The summed E-state index contributed by atoms with van der Waals surface area (Å²) in [6.07, 6.45) is 2.14. The van der Waals surface area contributed by atoms with Gasteiger partial charge in [0.25, 0.3) is 5.69 Å². The summed E-state index contributed by atoms with van der Waals surface area (Å²) < 4.78 is 0. The Morgan fingerprint density at radius 3 is 2.69 bits per heavy atom. The predicted octanol–water partition coefficient (Wildman–Crippen LogP) is 2.37. The fraction of sp³-hybridized carbons (Fsp3) is 0.500. The highest BCUT2D eigenvalue weighted by molar-refractivity contribution is 5.43. The van der Waals surface area contributed by atoms with Crippen molar-refractivity contribution in [2.24, 2.45) is 0 Å². The highest BCUT2D eigenvalue weighted by Gasteiger charge is 2.18. The standard InChI is InChI=1S/C12H16N2O2/c1-9-2-3-11(8-12(9)14(15)16)10-4-6-13-7-5-10/h2-3,8,10,13H,4-7H2,1H3. The molecule has 0 aromatic heterocycles. The summed E-state index contributed by atoms with van der Waals surface area (Å²) in [6.45, 7) is 3.79. The molecule has 16 heavy (non-hydrogen) atoms. The number of nitrogens with one attached hydrogen (secondary N) is 1. The Kier molecular flexibility index (Phi) is 3.19. The zero-order valence-corrected chi connectivity index (χ0v) is 9.40. The van der Waals surface area contributed by atoms with E-state index in [2.05, 4.69) is 5.32 Å². The van der Waals surface area contributed by atoms with Crippen LogP contribution in [0.25, 0.3) is 0 Å². The summed E-state index contributed by atoms with van der Waals surface area (Å²) in [5.41, 5.74) is 2.09. The van der Waals surface area contributed by atoms with Crippen LogP contribution in [0.3, 0.4) is 0 Å². The van der Waals surface area contributed by atoms with Crippen molar-refractivity contribution >= 4 is 5.69 Å². The number of hydrogen-bond acceptors (Lipinski definition) is 3. The minimum absolute atomic E-state index is 0.246. The summed E-state index contributed by atoms with van der Waals surface area (Å²) >= 11 is 0. The zero-order chi connectivity index (χ0) is 11.5. The van der Waals surface area contributed by atoms with Gasteiger partial charge in [0.2, 0.25) is 0 Å². The molecule has 0 spiro atoms. The van der Waals surface area contributed by atoms with Crippen molar-refractivity contribution < 1.29 is 4.92 Å². The minimum atomic E-state index is -0.292. The average molecular weight is 220 g/mol. The molecule has 1 saturated heterocycles. The maximum atomic E-state index is 10.8. The molecule has 1 heterocycles. The van der Waals surface area contributed by atoms with Crippen molar-refractivity contribution in [3.8, 4) is 0 Å². The van der Waals surface area contributed by atoms with Gasteiger partial charge in [-0.15, -0.1) is 0 Å². The molecule has 86 valence electrons. The van der Waals surface area contributed by atoms with E-state index in [-0.39, 0.29) is 10.6 Å². The van der Waals surface area contributed by atoms with Crippen LogP contribution < -0.4 is 5.32 Å². The van der Waals surface area contributed by atoms with Gasteiger partial charge in [-0.25, -0.2) is 0 Å². The number of benzene rings is 1. The molecule has 2 rings (SSSR count). The molecule has 1 aromatic rings. The second kappa shape index (κ2) is 4.61. The molecule has 1 aliphatic rings. The van der Waals surface area contributed by atoms with Gasteiger partial charge in [-0.05, 0) is 44.3 Å². The molecule has 0 unspecified atom stereocenters. The van der Waals surface area contributed by atoms with Gasteiger partial charge in [0, 0.05) is 11.6 Å². The largest absolute Gasteiger partial charge is 0.317 e. The fourth-order valence-electron chi connectivity index (χ4n) is 2.23. The van der Waals surface area contributed by atoms with Crippen molar-refractivity contribution in [2.75, 3.05) is 13.1 Å². The minimum Gasteiger partial charge on any atom is -0.317 e. The van der Waals surface area contributed by atoms with Gasteiger partial charge in [-0.3, -0.25) is 10.1 Å². The lowest BCUT2D eigenvalue weighted by Gasteiger charge is -2.22. The second-order valence-electron chi connectivity index (χ2n) is 4.33. The van der Waals surface area contributed by atoms with Gasteiger partial charge in [0.05, 0.1) is 4.92 Å². The van der Waals surface area contributed by atoms with Gasteiger partial charge in [-0.2, -0.15) is 0 Å². The van der Waals surface area contributed by atoms with E-state index in [1.165, 1.54) is 0 Å². The zero-order valence-electron chi connectivity index (χ0n) is 9.40. The van der Waals surface area contributed by atoms with E-state index in [1.54, 1.807) is 13.0 Å². The first-order valence-electron chi connectivity index (χ1n) is 5.64. The number of aryl methyl sites for hydroxylation is 1. The van der Waals surface area contributed by atoms with E-state index in [9.17, 15) is 10.1 Å². The third-order valence-corrected chi connectivity index (χ3v) is 3.24. The first-order valence-corrected chi connectivity index (χ1v) is 5.64. The molecule has 0 saturated carbocycles. The molecule has 0 aliphatic carbocycles. The van der Waals surface area contributed by atoms with Crippen molar-refractivity contribution in [3.05, 3.63) is 39.4 Å². The number of nitrogens with zero attached hydrogens (tertiary/aromatic N) is 1. The topological polar surface area (TPSA) is 55.2 Å². The highest BCUT2D eigenvalue weighted by Crippen LogP contribution is 2.29. The van der Waals surface area contributed by atoms with Crippen LogP contribution in [0.2, 0.25) is 0 Å². The van der Waals surface area contributed by atoms with Crippen LogP contribution >= 0.6 is 0 Å². The third-order valence-electron chi connectivity index (χ3n) is 3.24. The van der Waals surface area contributed by atoms with E-state index in [1.807, 2.05) is 12.1 Å². The molecule has 1 N–H and O–H groups in total. The summed E-state index contributed by atoms with van der Waals surface area (Å²) in [5, 5.41) is 14.1. The molecule has 1 aromatic carbocycles. The molecular weight excluding hydrogens is 204 g/mol. The van der Waals surface area contributed by atoms with Crippen molar-refractivity contribution in [3.63, 3.8) is 0 Å². The maximum absolute atomic E-state index is 10.8. The summed E-state index contributed by atoms with van der Waals surface area (Å²) in [4.78, 5) is 10.6. The number of piperidine rings is 1. The Labute approximate surface area is 94.8 Å². The smallest absolute Gasteiger partial charge is 0.272 e. The lowest BCUT2D eigenvalue weighted by atomic mass is 9.89. The number of nitro groups is 1. The van der Waals surface area contributed by atoms with E-state index >= 15 is 0 Å². The molecule has 1 aliphatic heterocycles. The van der Waals surface area contributed by atoms with Crippen LogP contribution in [-0.2, 0) is 0 Å². The first-order chi connectivity index (χ1) is 7.68. The molecule has 0 radical (unpaired) electrons. The Morgan fingerprint density at radius 2 is 2.06 bits per heavy atom. The monoisotopic (exact) mass is 220 g/mol. The Balaban J connectivity index is 2.27. The van der Waals surface area contributed by atoms with Crippen LogP contribution in [0.1, 0.15) is 29.9 Å².